The number of hydrogen-bond acceptors (Lipinski definition) is 3. The van der Waals surface area contributed by atoms with Gasteiger partial charge in [0.25, 0.3) is 0 Å². The molecule has 130 valence electrons. The Morgan fingerprint density at radius 1 is 1.27 bits per heavy atom. The molecule has 0 saturated carbocycles. The van der Waals surface area contributed by atoms with Crippen LogP contribution in [-0.2, 0) is 9.53 Å². The Balaban J connectivity index is 2.32. The molecule has 5 nitrogen and oxygen atoms in total. The second kappa shape index (κ2) is 7.58. The van der Waals surface area contributed by atoms with E-state index in [1.165, 1.54) is 6.08 Å². The minimum Gasteiger partial charge on any atom is -0.497 e. The predicted molar refractivity (Wildman–Crippen MR) is 101 cm³/mol. The molecule has 0 saturated heterocycles. The van der Waals surface area contributed by atoms with Crippen LogP contribution in [0.1, 0.15) is 18.1 Å². The van der Waals surface area contributed by atoms with Gasteiger partial charge < -0.3 is 14.5 Å². The number of H-pyrrole nitrogens is 1. The molecule has 0 bridgehead atoms. The zero-order chi connectivity index (χ0) is 18.5. The van der Waals surface area contributed by atoms with E-state index in [9.17, 15) is 4.79 Å². The van der Waals surface area contributed by atoms with E-state index < -0.39 is 5.97 Å². The number of nitrogens with one attached hydrogen (secondary N) is 1. The van der Waals surface area contributed by atoms with Crippen LogP contribution >= 0.6 is 0 Å². The van der Waals surface area contributed by atoms with Gasteiger partial charge >= 0.3 is 5.97 Å². The maximum Gasteiger partial charge on any atom is 0.331 e. The molecule has 0 aliphatic carbocycles. The van der Waals surface area contributed by atoms with E-state index in [-0.39, 0.29) is 0 Å². The number of aromatic nitrogens is 1. The molecule has 3 aromatic rings. The van der Waals surface area contributed by atoms with Gasteiger partial charge in [0.1, 0.15) is 5.75 Å². The van der Waals surface area contributed by atoms with Gasteiger partial charge in [0, 0.05) is 29.2 Å². The summed E-state index contributed by atoms with van der Waals surface area (Å²) < 4.78 is 10.5. The van der Waals surface area contributed by atoms with E-state index in [0.29, 0.717) is 23.6 Å². The van der Waals surface area contributed by atoms with Crippen molar-refractivity contribution in [1.29, 1.82) is 0 Å². The van der Waals surface area contributed by atoms with Gasteiger partial charge in [0.05, 0.1) is 20.3 Å². The molecule has 3 rings (SSSR count). The molecule has 2 aromatic carbocycles. The van der Waals surface area contributed by atoms with Crippen LogP contribution in [0.15, 0.2) is 54.7 Å². The van der Waals surface area contributed by atoms with Gasteiger partial charge in [-0.15, -0.1) is 0 Å². The van der Waals surface area contributed by atoms with Crippen molar-refractivity contribution in [3.63, 3.8) is 0 Å². The predicted octanol–water partition coefficient (Wildman–Crippen LogP) is 4.72. The van der Waals surface area contributed by atoms with E-state index >= 15 is 0 Å². The maximum atomic E-state index is 12.2. The lowest BCUT2D eigenvalue weighted by molar-refractivity contribution is -0.137. The molecule has 0 unspecified atom stereocenters. The normalized spacial score (nSPS) is 11.2. The van der Waals surface area contributed by atoms with E-state index in [1.807, 2.05) is 42.5 Å². The standard InChI is InChI=1S/C21H18N2O3/c1-4-26-20(24)12-16(14-8-6-5-7-9-14)17-10-15(25-3)11-18-21(17)19(22-2)13-23-18/h5-13,23H,4H2,1,3H3/b16-12+. The molecule has 0 fully saturated rings. The van der Waals surface area contributed by atoms with Gasteiger partial charge in [0.15, 0.2) is 0 Å². The Bertz CT molecular complexity index is 1010. The molecule has 0 aliphatic rings. The third-order valence-electron chi connectivity index (χ3n) is 4.01. The van der Waals surface area contributed by atoms with Crippen molar-refractivity contribution < 1.29 is 14.3 Å². The number of fused-ring (bicyclic) bond motifs is 1. The number of hydrogen-bond donors (Lipinski definition) is 1. The largest absolute Gasteiger partial charge is 0.497 e. The summed E-state index contributed by atoms with van der Waals surface area (Å²) in [6.45, 7) is 9.51. The monoisotopic (exact) mass is 346 g/mol. The van der Waals surface area contributed by atoms with Crippen LogP contribution < -0.4 is 4.74 Å². The number of benzene rings is 2. The first-order valence-corrected chi connectivity index (χ1v) is 8.18. The first-order valence-electron chi connectivity index (χ1n) is 8.18. The Morgan fingerprint density at radius 3 is 2.69 bits per heavy atom. The third kappa shape index (κ3) is 3.31. The van der Waals surface area contributed by atoms with Crippen LogP contribution in [-0.4, -0.2) is 24.7 Å². The Kier molecular flexibility index (Phi) is 5.04. The lowest BCUT2D eigenvalue weighted by Crippen LogP contribution is -2.02. The summed E-state index contributed by atoms with van der Waals surface area (Å²) in [7, 11) is 1.58. The fraction of sp³-hybridized carbons (Fsp3) is 0.143. The number of esters is 1. The molecule has 1 aromatic heterocycles. The zero-order valence-electron chi connectivity index (χ0n) is 14.6. The summed E-state index contributed by atoms with van der Waals surface area (Å²) in [5.41, 5.74) is 3.54. The van der Waals surface area contributed by atoms with Crippen molar-refractivity contribution in [2.75, 3.05) is 13.7 Å². The topological polar surface area (TPSA) is 55.7 Å². The average Bonchev–Trinajstić information content (AvgIpc) is 3.09. The Hall–Kier alpha value is -3.52. The second-order valence-electron chi connectivity index (χ2n) is 5.56. The van der Waals surface area contributed by atoms with E-state index in [1.54, 1.807) is 20.2 Å². The molecule has 1 N–H and O–H groups in total. The van der Waals surface area contributed by atoms with Gasteiger partial charge in [0.2, 0.25) is 5.69 Å². The van der Waals surface area contributed by atoms with Gasteiger partial charge in [-0.05, 0) is 29.7 Å². The number of carbonyl (C=O) groups is 1. The Morgan fingerprint density at radius 2 is 2.04 bits per heavy atom. The van der Waals surface area contributed by atoms with E-state index in [2.05, 4.69) is 9.83 Å². The summed E-state index contributed by atoms with van der Waals surface area (Å²) >= 11 is 0. The first kappa shape index (κ1) is 17.3. The van der Waals surface area contributed by atoms with Crippen LogP contribution in [0.4, 0.5) is 5.69 Å². The highest BCUT2D eigenvalue weighted by Gasteiger charge is 2.17. The van der Waals surface area contributed by atoms with Crippen molar-refractivity contribution in [2.45, 2.75) is 6.92 Å². The minimum absolute atomic E-state index is 0.294. The quantitative estimate of drug-likeness (QED) is 0.413. The summed E-state index contributed by atoms with van der Waals surface area (Å²) in [6.07, 6.45) is 3.13. The number of ether oxygens (including phenoxy) is 2. The number of rotatable bonds is 5. The molecule has 0 amide bonds. The fourth-order valence-electron chi connectivity index (χ4n) is 2.88. The molecule has 0 aliphatic heterocycles. The highest BCUT2D eigenvalue weighted by atomic mass is 16.5. The van der Waals surface area contributed by atoms with Crippen molar-refractivity contribution in [3.8, 4) is 5.75 Å². The summed E-state index contributed by atoms with van der Waals surface area (Å²) in [5, 5.41) is 0.750. The second-order valence-corrected chi connectivity index (χ2v) is 5.56. The number of carbonyl (C=O) groups excluding carboxylic acids is 1. The summed E-state index contributed by atoms with van der Waals surface area (Å²) in [4.78, 5) is 18.9. The van der Waals surface area contributed by atoms with Gasteiger partial charge in [-0.3, -0.25) is 0 Å². The Labute approximate surface area is 151 Å². The SMILES string of the molecule is [C-]#[N+]c1c[nH]c2cc(OC)cc(/C(=C/C(=O)OCC)c3ccccc3)c12. The molecular formula is C21H18N2O3. The third-order valence-corrected chi connectivity index (χ3v) is 4.01. The molecular weight excluding hydrogens is 328 g/mol. The van der Waals surface area contributed by atoms with E-state index in [4.69, 9.17) is 16.0 Å². The molecule has 26 heavy (non-hydrogen) atoms. The smallest absolute Gasteiger partial charge is 0.331 e. The molecule has 1 heterocycles. The molecule has 0 radical (unpaired) electrons. The number of nitrogens with zero attached hydrogens (tertiary/aromatic N) is 1. The minimum atomic E-state index is -0.428. The van der Waals surface area contributed by atoms with Crippen LogP contribution in [0.5, 0.6) is 5.75 Å². The highest BCUT2D eigenvalue weighted by Crippen LogP contribution is 2.38. The number of methoxy groups -OCH3 is 1. The van der Waals surface area contributed by atoms with Crippen LogP contribution in [0.25, 0.3) is 21.3 Å². The lowest BCUT2D eigenvalue weighted by atomic mass is 9.94. The van der Waals surface area contributed by atoms with Crippen molar-refractivity contribution in [3.05, 3.63) is 77.3 Å². The van der Waals surface area contributed by atoms with Gasteiger partial charge in [-0.2, -0.15) is 0 Å². The van der Waals surface area contributed by atoms with Crippen LogP contribution in [0.2, 0.25) is 0 Å². The zero-order valence-corrected chi connectivity index (χ0v) is 14.6. The van der Waals surface area contributed by atoms with Crippen LogP contribution in [0, 0.1) is 6.57 Å². The van der Waals surface area contributed by atoms with Gasteiger partial charge in [-0.25, -0.2) is 9.64 Å². The highest BCUT2D eigenvalue weighted by molar-refractivity contribution is 6.08. The maximum absolute atomic E-state index is 12.2. The lowest BCUT2D eigenvalue weighted by Gasteiger charge is -2.13. The van der Waals surface area contributed by atoms with E-state index in [0.717, 1.165) is 22.0 Å². The summed E-state index contributed by atoms with van der Waals surface area (Å²) in [5.74, 6) is 0.207. The van der Waals surface area contributed by atoms with Crippen molar-refractivity contribution >= 4 is 28.1 Å². The molecule has 5 heteroatoms. The molecule has 0 spiro atoms. The van der Waals surface area contributed by atoms with Crippen molar-refractivity contribution in [2.24, 2.45) is 0 Å². The van der Waals surface area contributed by atoms with Gasteiger partial charge in [-0.1, -0.05) is 30.3 Å². The van der Waals surface area contributed by atoms with Crippen LogP contribution in [0.3, 0.4) is 0 Å². The summed E-state index contributed by atoms with van der Waals surface area (Å²) in [6, 6.07) is 13.2. The average molecular weight is 346 g/mol. The molecule has 0 atom stereocenters. The fourth-order valence-corrected chi connectivity index (χ4v) is 2.88. The first-order chi connectivity index (χ1) is 12.7. The van der Waals surface area contributed by atoms with Crippen molar-refractivity contribution in [1.82, 2.24) is 4.98 Å². The number of aromatic amines is 1.